The zero-order valence-corrected chi connectivity index (χ0v) is 16.3. The van der Waals surface area contributed by atoms with E-state index in [-0.39, 0.29) is 11.3 Å². The van der Waals surface area contributed by atoms with E-state index in [0.717, 1.165) is 5.56 Å². The maximum Gasteiger partial charge on any atom is 0.300 e. The van der Waals surface area contributed by atoms with Crippen LogP contribution in [-0.4, -0.2) is 21.8 Å². The first-order valence-electron chi connectivity index (χ1n) is 9.01. The molecular formula is C23H17ClN2O3. The molecule has 3 aromatic rings. The molecule has 1 N–H and O–H groups in total. The number of hydrogen-bond acceptors (Lipinski definition) is 4. The first-order chi connectivity index (χ1) is 14.0. The molecule has 144 valence electrons. The molecule has 1 fully saturated rings. The van der Waals surface area contributed by atoms with Crippen LogP contribution in [0.2, 0.25) is 5.02 Å². The summed E-state index contributed by atoms with van der Waals surface area (Å²) in [6.45, 7) is 1.84. The number of Topliss-reactive ketones (excluding diaryl/α,β-unsaturated/α-hetero) is 1. The standard InChI is InChI=1S/C23H17ClN2O3/c1-14-9-10-17(24)12-18(14)26-20(16-8-5-11-25-13-16)19(22(28)23(26)29)21(27)15-6-3-2-4-7-15/h2-13,20,27H,1H3/b21-19+. The molecule has 2 aromatic carbocycles. The van der Waals surface area contributed by atoms with Gasteiger partial charge in [0.05, 0.1) is 11.6 Å². The van der Waals surface area contributed by atoms with E-state index in [1.54, 1.807) is 67.0 Å². The van der Waals surface area contributed by atoms with Crippen molar-refractivity contribution < 1.29 is 14.7 Å². The van der Waals surface area contributed by atoms with Gasteiger partial charge in [-0.2, -0.15) is 0 Å². The molecule has 5 nitrogen and oxygen atoms in total. The third-order valence-corrected chi connectivity index (χ3v) is 5.16. The van der Waals surface area contributed by atoms with Gasteiger partial charge in [-0.15, -0.1) is 0 Å². The Kier molecular flexibility index (Phi) is 4.91. The summed E-state index contributed by atoms with van der Waals surface area (Å²) in [7, 11) is 0. The van der Waals surface area contributed by atoms with Crippen molar-refractivity contribution >= 4 is 34.7 Å². The molecule has 1 aromatic heterocycles. The van der Waals surface area contributed by atoms with E-state index in [4.69, 9.17) is 11.6 Å². The normalized spacial score (nSPS) is 18.3. The smallest absolute Gasteiger partial charge is 0.300 e. The lowest BCUT2D eigenvalue weighted by atomic mass is 9.96. The number of ketones is 1. The number of benzene rings is 2. The van der Waals surface area contributed by atoms with Gasteiger partial charge in [0.25, 0.3) is 11.7 Å². The maximum absolute atomic E-state index is 13.1. The predicted molar refractivity (Wildman–Crippen MR) is 112 cm³/mol. The second-order valence-electron chi connectivity index (χ2n) is 6.75. The van der Waals surface area contributed by atoms with E-state index in [9.17, 15) is 14.7 Å². The molecule has 4 rings (SSSR count). The number of rotatable bonds is 3. The summed E-state index contributed by atoms with van der Waals surface area (Å²) in [6, 6.07) is 16.5. The Bertz CT molecular complexity index is 1130. The molecule has 1 unspecified atom stereocenters. The largest absolute Gasteiger partial charge is 0.507 e. The molecule has 1 amide bonds. The van der Waals surface area contributed by atoms with Crippen molar-refractivity contribution in [3.8, 4) is 0 Å². The van der Waals surface area contributed by atoms with Crippen molar-refractivity contribution in [3.63, 3.8) is 0 Å². The molecule has 1 aliphatic heterocycles. The molecule has 29 heavy (non-hydrogen) atoms. The van der Waals surface area contributed by atoms with Crippen molar-refractivity contribution in [2.24, 2.45) is 0 Å². The number of pyridine rings is 1. The van der Waals surface area contributed by atoms with Crippen molar-refractivity contribution in [2.45, 2.75) is 13.0 Å². The molecule has 1 saturated heterocycles. The van der Waals surface area contributed by atoms with E-state index < -0.39 is 17.7 Å². The van der Waals surface area contributed by atoms with Crippen molar-refractivity contribution in [3.05, 3.63) is 100 Å². The number of carbonyl (C=O) groups excluding carboxylic acids is 2. The zero-order chi connectivity index (χ0) is 20.5. The highest BCUT2D eigenvalue weighted by molar-refractivity contribution is 6.52. The number of hydrogen-bond donors (Lipinski definition) is 1. The van der Waals surface area contributed by atoms with Crippen molar-refractivity contribution in [2.75, 3.05) is 4.90 Å². The van der Waals surface area contributed by atoms with Crippen LogP contribution in [0.4, 0.5) is 5.69 Å². The van der Waals surface area contributed by atoms with Crippen LogP contribution in [0.3, 0.4) is 0 Å². The van der Waals surface area contributed by atoms with Gasteiger partial charge in [0, 0.05) is 28.7 Å². The minimum Gasteiger partial charge on any atom is -0.507 e. The molecule has 0 radical (unpaired) electrons. The average Bonchev–Trinajstić information content (AvgIpc) is 3.01. The number of aryl methyl sites for hydroxylation is 1. The number of aliphatic hydroxyl groups is 1. The van der Waals surface area contributed by atoms with Crippen LogP contribution in [0, 0.1) is 6.92 Å². The Morgan fingerprint density at radius 3 is 2.52 bits per heavy atom. The highest BCUT2D eigenvalue weighted by Crippen LogP contribution is 2.43. The Balaban J connectivity index is 1.98. The van der Waals surface area contributed by atoms with Crippen LogP contribution in [-0.2, 0) is 9.59 Å². The molecule has 0 bridgehead atoms. The van der Waals surface area contributed by atoms with Gasteiger partial charge in [-0.05, 0) is 36.2 Å². The number of anilines is 1. The quantitative estimate of drug-likeness (QED) is 0.391. The van der Waals surface area contributed by atoms with Gasteiger partial charge in [0.15, 0.2) is 0 Å². The zero-order valence-electron chi connectivity index (χ0n) is 15.5. The summed E-state index contributed by atoms with van der Waals surface area (Å²) in [6.07, 6.45) is 3.19. The van der Waals surface area contributed by atoms with Gasteiger partial charge < -0.3 is 5.11 Å². The minimum atomic E-state index is -0.818. The lowest BCUT2D eigenvalue weighted by Gasteiger charge is -2.26. The molecule has 1 atom stereocenters. The lowest BCUT2D eigenvalue weighted by molar-refractivity contribution is -0.132. The van der Waals surface area contributed by atoms with Crippen molar-refractivity contribution in [1.29, 1.82) is 0 Å². The third-order valence-electron chi connectivity index (χ3n) is 4.92. The molecule has 6 heteroatoms. The van der Waals surface area contributed by atoms with E-state index in [0.29, 0.717) is 21.8 Å². The highest BCUT2D eigenvalue weighted by atomic mass is 35.5. The van der Waals surface area contributed by atoms with Crippen LogP contribution >= 0.6 is 11.6 Å². The summed E-state index contributed by atoms with van der Waals surface area (Å²) < 4.78 is 0. The summed E-state index contributed by atoms with van der Waals surface area (Å²) in [5, 5.41) is 11.4. The maximum atomic E-state index is 13.1. The second-order valence-corrected chi connectivity index (χ2v) is 7.19. The topological polar surface area (TPSA) is 70.5 Å². The van der Waals surface area contributed by atoms with E-state index in [1.165, 1.54) is 4.90 Å². The van der Waals surface area contributed by atoms with Crippen LogP contribution in [0.5, 0.6) is 0 Å². The first-order valence-corrected chi connectivity index (χ1v) is 9.39. The average molecular weight is 405 g/mol. The van der Waals surface area contributed by atoms with Gasteiger partial charge in [-0.25, -0.2) is 0 Å². The summed E-state index contributed by atoms with van der Waals surface area (Å²) >= 11 is 6.17. The Morgan fingerprint density at radius 2 is 1.83 bits per heavy atom. The molecule has 1 aliphatic rings. The van der Waals surface area contributed by atoms with Crippen LogP contribution in [0.1, 0.15) is 22.7 Å². The number of carbonyl (C=O) groups is 2. The number of amides is 1. The van der Waals surface area contributed by atoms with Gasteiger partial charge >= 0.3 is 0 Å². The Hall–Kier alpha value is -3.44. The molecule has 2 heterocycles. The fraction of sp³-hybridized carbons (Fsp3) is 0.0870. The number of aromatic nitrogens is 1. The van der Waals surface area contributed by atoms with E-state index in [2.05, 4.69) is 4.98 Å². The fourth-order valence-corrected chi connectivity index (χ4v) is 3.69. The summed E-state index contributed by atoms with van der Waals surface area (Å²) in [5.41, 5.74) is 2.39. The summed E-state index contributed by atoms with van der Waals surface area (Å²) in [4.78, 5) is 31.6. The van der Waals surface area contributed by atoms with Gasteiger partial charge in [0.1, 0.15) is 5.76 Å². The SMILES string of the molecule is Cc1ccc(Cl)cc1N1C(=O)C(=O)/C(=C(/O)c2ccccc2)C1c1cccnc1. The van der Waals surface area contributed by atoms with E-state index in [1.807, 2.05) is 13.0 Å². The highest BCUT2D eigenvalue weighted by Gasteiger charge is 2.47. The Morgan fingerprint density at radius 1 is 1.07 bits per heavy atom. The van der Waals surface area contributed by atoms with Gasteiger partial charge in [0.2, 0.25) is 0 Å². The fourth-order valence-electron chi connectivity index (χ4n) is 3.53. The molecule has 0 aliphatic carbocycles. The van der Waals surface area contributed by atoms with Gasteiger partial charge in [-0.3, -0.25) is 19.5 Å². The number of halogens is 1. The number of aliphatic hydroxyl groups excluding tert-OH is 1. The van der Waals surface area contributed by atoms with Crippen LogP contribution in [0.15, 0.2) is 78.6 Å². The Labute approximate surface area is 172 Å². The van der Waals surface area contributed by atoms with Crippen molar-refractivity contribution in [1.82, 2.24) is 4.98 Å². The predicted octanol–water partition coefficient (Wildman–Crippen LogP) is 4.67. The minimum absolute atomic E-state index is 0.0218. The molecular weight excluding hydrogens is 388 g/mol. The van der Waals surface area contributed by atoms with Gasteiger partial charge in [-0.1, -0.05) is 54.1 Å². The third kappa shape index (κ3) is 3.30. The van der Waals surface area contributed by atoms with Crippen LogP contribution in [0.25, 0.3) is 5.76 Å². The molecule has 0 saturated carbocycles. The monoisotopic (exact) mass is 404 g/mol. The lowest BCUT2D eigenvalue weighted by Crippen LogP contribution is -2.30. The molecule has 0 spiro atoms. The summed E-state index contributed by atoms with van der Waals surface area (Å²) in [5.74, 6) is -1.69. The number of nitrogens with zero attached hydrogens (tertiary/aromatic N) is 2. The first kappa shape index (κ1) is 18.9. The van der Waals surface area contributed by atoms with E-state index >= 15 is 0 Å². The second kappa shape index (κ2) is 7.53. The van der Waals surface area contributed by atoms with Crippen LogP contribution < -0.4 is 4.90 Å².